The maximum Gasteiger partial charge on any atom is 0.355 e. The second-order valence-corrected chi connectivity index (χ2v) is 4.36. The molecule has 0 saturated heterocycles. The van der Waals surface area contributed by atoms with E-state index in [0.29, 0.717) is 17.2 Å². The second kappa shape index (κ2) is 4.71. The zero-order valence-corrected chi connectivity index (χ0v) is 10.7. The van der Waals surface area contributed by atoms with Crippen LogP contribution < -0.4 is 0 Å². The first-order valence-electron chi connectivity index (χ1n) is 5.11. The van der Waals surface area contributed by atoms with Crippen molar-refractivity contribution < 1.29 is 14.3 Å². The molecule has 0 atom stereocenters. The third kappa shape index (κ3) is 2.10. The zero-order valence-electron chi connectivity index (χ0n) is 9.12. The van der Waals surface area contributed by atoms with Crippen LogP contribution in [0.25, 0.3) is 10.9 Å². The number of benzene rings is 1. The molecule has 0 bridgehead atoms. The fourth-order valence-electron chi connectivity index (χ4n) is 1.68. The molecule has 0 amide bonds. The zero-order chi connectivity index (χ0) is 12.4. The van der Waals surface area contributed by atoms with E-state index in [1.165, 1.54) is 0 Å². The van der Waals surface area contributed by atoms with Gasteiger partial charge in [0.15, 0.2) is 6.29 Å². The fraction of sp³-hybridized carbons (Fsp3) is 0.167. The molecule has 1 aromatic heterocycles. The molecule has 0 aliphatic carbocycles. The number of halogens is 1. The molecular formula is C12H10BrNO3. The smallest absolute Gasteiger partial charge is 0.355 e. The van der Waals surface area contributed by atoms with Crippen molar-refractivity contribution >= 4 is 39.1 Å². The number of H-pyrrole nitrogens is 1. The molecule has 5 heteroatoms. The van der Waals surface area contributed by atoms with Crippen molar-refractivity contribution in [2.24, 2.45) is 0 Å². The molecular weight excluding hydrogens is 286 g/mol. The lowest BCUT2D eigenvalue weighted by Gasteiger charge is -1.98. The lowest BCUT2D eigenvalue weighted by Crippen LogP contribution is -2.07. The molecule has 2 aromatic rings. The highest BCUT2D eigenvalue weighted by atomic mass is 79.9. The lowest BCUT2D eigenvalue weighted by molar-refractivity contribution is 0.0518. The number of rotatable bonds is 3. The summed E-state index contributed by atoms with van der Waals surface area (Å²) in [7, 11) is 0. The lowest BCUT2D eigenvalue weighted by atomic mass is 10.1. The van der Waals surface area contributed by atoms with Crippen LogP contribution in [0.4, 0.5) is 0 Å². The minimum atomic E-state index is -0.512. The van der Waals surface area contributed by atoms with Gasteiger partial charge in [-0.05, 0) is 19.1 Å². The number of fused-ring (bicyclic) bond motifs is 1. The Kier molecular flexibility index (Phi) is 3.28. The highest BCUT2D eigenvalue weighted by Gasteiger charge is 2.18. The molecule has 1 aromatic carbocycles. The van der Waals surface area contributed by atoms with Gasteiger partial charge in [-0.1, -0.05) is 22.0 Å². The number of nitrogens with one attached hydrogen (secondary N) is 1. The fourth-order valence-corrected chi connectivity index (χ4v) is 2.04. The van der Waals surface area contributed by atoms with Crippen LogP contribution in [0.3, 0.4) is 0 Å². The van der Waals surface area contributed by atoms with Crippen molar-refractivity contribution in [3.8, 4) is 0 Å². The number of aldehydes is 1. The maximum atomic E-state index is 11.7. The number of ether oxygens (including phenoxy) is 1. The quantitative estimate of drug-likeness (QED) is 0.700. The summed E-state index contributed by atoms with van der Waals surface area (Å²) in [5, 5.41) is 0.714. The van der Waals surface area contributed by atoms with E-state index in [9.17, 15) is 9.59 Å². The number of hydrogen-bond donors (Lipinski definition) is 1. The van der Waals surface area contributed by atoms with E-state index in [0.717, 1.165) is 9.99 Å². The molecule has 0 saturated carbocycles. The molecule has 4 nitrogen and oxygen atoms in total. The Morgan fingerprint density at radius 2 is 2.29 bits per heavy atom. The van der Waals surface area contributed by atoms with Gasteiger partial charge >= 0.3 is 5.97 Å². The van der Waals surface area contributed by atoms with Crippen molar-refractivity contribution in [3.63, 3.8) is 0 Å². The van der Waals surface area contributed by atoms with Gasteiger partial charge in [-0.15, -0.1) is 0 Å². The van der Waals surface area contributed by atoms with Gasteiger partial charge in [0.25, 0.3) is 0 Å². The third-order valence-electron chi connectivity index (χ3n) is 2.40. The molecule has 0 fully saturated rings. The average molecular weight is 296 g/mol. The van der Waals surface area contributed by atoms with Crippen LogP contribution in [0.2, 0.25) is 0 Å². The van der Waals surface area contributed by atoms with Gasteiger partial charge in [-0.25, -0.2) is 4.79 Å². The molecule has 1 N–H and O–H groups in total. The molecule has 0 unspecified atom stereocenters. The van der Waals surface area contributed by atoms with Gasteiger partial charge in [0, 0.05) is 15.4 Å². The summed E-state index contributed by atoms with van der Waals surface area (Å²) in [6.45, 7) is 1.99. The summed E-state index contributed by atoms with van der Waals surface area (Å²) in [6.07, 6.45) is 0.666. The summed E-state index contributed by atoms with van der Waals surface area (Å²) < 4.78 is 5.76. The average Bonchev–Trinajstić information content (AvgIpc) is 2.66. The van der Waals surface area contributed by atoms with E-state index in [-0.39, 0.29) is 12.3 Å². The minimum absolute atomic E-state index is 0.204. The molecule has 0 radical (unpaired) electrons. The predicted molar refractivity (Wildman–Crippen MR) is 67.3 cm³/mol. The molecule has 0 aliphatic rings. The normalized spacial score (nSPS) is 10.5. The van der Waals surface area contributed by atoms with Crippen molar-refractivity contribution in [3.05, 3.63) is 33.9 Å². The number of aromatic nitrogens is 1. The van der Waals surface area contributed by atoms with E-state index in [1.807, 2.05) is 12.1 Å². The summed E-state index contributed by atoms with van der Waals surface area (Å²) in [5.41, 5.74) is 1.27. The Balaban J connectivity index is 2.63. The van der Waals surface area contributed by atoms with Gasteiger partial charge in [-0.3, -0.25) is 4.79 Å². The number of hydrogen-bond acceptors (Lipinski definition) is 3. The number of aromatic amines is 1. The van der Waals surface area contributed by atoms with Crippen LogP contribution in [0, 0.1) is 0 Å². The van der Waals surface area contributed by atoms with Crippen LogP contribution in [-0.2, 0) is 4.74 Å². The Labute approximate surface area is 106 Å². The third-order valence-corrected chi connectivity index (χ3v) is 2.89. The van der Waals surface area contributed by atoms with Gasteiger partial charge in [-0.2, -0.15) is 0 Å². The van der Waals surface area contributed by atoms with Crippen LogP contribution in [0.1, 0.15) is 27.8 Å². The molecule has 17 heavy (non-hydrogen) atoms. The predicted octanol–water partition coefficient (Wildman–Crippen LogP) is 2.92. The van der Waals surface area contributed by atoms with Gasteiger partial charge in [0.2, 0.25) is 0 Å². The SMILES string of the molecule is CCOC(=O)c1[nH]c2cc(Br)ccc2c1C=O. The Bertz CT molecular complexity index is 589. The van der Waals surface area contributed by atoms with E-state index < -0.39 is 5.97 Å². The Morgan fingerprint density at radius 3 is 2.94 bits per heavy atom. The monoisotopic (exact) mass is 295 g/mol. The second-order valence-electron chi connectivity index (χ2n) is 3.44. The van der Waals surface area contributed by atoms with Crippen LogP contribution in [-0.4, -0.2) is 23.8 Å². The number of carbonyl (C=O) groups excluding carboxylic acids is 2. The van der Waals surface area contributed by atoms with E-state index in [4.69, 9.17) is 4.74 Å². The Hall–Kier alpha value is -1.62. The van der Waals surface area contributed by atoms with Gasteiger partial charge in [0.05, 0.1) is 12.2 Å². The highest BCUT2D eigenvalue weighted by molar-refractivity contribution is 9.10. The van der Waals surface area contributed by atoms with E-state index >= 15 is 0 Å². The standard InChI is InChI=1S/C12H10BrNO3/c1-2-17-12(16)11-9(6-15)8-4-3-7(13)5-10(8)14-11/h3-6,14H,2H2,1H3. The van der Waals surface area contributed by atoms with Gasteiger partial charge < -0.3 is 9.72 Å². The molecule has 0 aliphatic heterocycles. The minimum Gasteiger partial charge on any atom is -0.461 e. The van der Waals surface area contributed by atoms with Crippen LogP contribution in [0.5, 0.6) is 0 Å². The number of esters is 1. The van der Waals surface area contributed by atoms with Crippen LogP contribution in [0.15, 0.2) is 22.7 Å². The van der Waals surface area contributed by atoms with Crippen molar-refractivity contribution in [2.75, 3.05) is 6.61 Å². The van der Waals surface area contributed by atoms with E-state index in [1.54, 1.807) is 13.0 Å². The largest absolute Gasteiger partial charge is 0.461 e. The molecule has 0 spiro atoms. The van der Waals surface area contributed by atoms with E-state index in [2.05, 4.69) is 20.9 Å². The number of carbonyl (C=O) groups is 2. The molecule has 2 rings (SSSR count). The molecule has 1 heterocycles. The van der Waals surface area contributed by atoms with Gasteiger partial charge in [0.1, 0.15) is 5.69 Å². The van der Waals surface area contributed by atoms with Crippen molar-refractivity contribution in [1.82, 2.24) is 4.98 Å². The highest BCUT2D eigenvalue weighted by Crippen LogP contribution is 2.24. The first-order valence-corrected chi connectivity index (χ1v) is 5.90. The first kappa shape index (κ1) is 11.9. The van der Waals surface area contributed by atoms with Crippen LogP contribution >= 0.6 is 15.9 Å². The Morgan fingerprint density at radius 1 is 1.53 bits per heavy atom. The summed E-state index contributed by atoms with van der Waals surface area (Å²) in [6, 6.07) is 5.41. The van der Waals surface area contributed by atoms with Crippen molar-refractivity contribution in [1.29, 1.82) is 0 Å². The summed E-state index contributed by atoms with van der Waals surface area (Å²) in [5.74, 6) is -0.512. The summed E-state index contributed by atoms with van der Waals surface area (Å²) in [4.78, 5) is 25.6. The maximum absolute atomic E-state index is 11.7. The molecule has 88 valence electrons. The van der Waals surface area contributed by atoms with Crippen molar-refractivity contribution in [2.45, 2.75) is 6.92 Å². The topological polar surface area (TPSA) is 59.2 Å². The first-order chi connectivity index (χ1) is 8.17. The summed E-state index contributed by atoms with van der Waals surface area (Å²) >= 11 is 3.33.